The van der Waals surface area contributed by atoms with E-state index >= 15 is 0 Å². The largest absolute Gasteiger partial charge is 0.466 e. The Morgan fingerprint density at radius 2 is 1.56 bits per heavy atom. The van der Waals surface area contributed by atoms with Crippen molar-refractivity contribution in [3.63, 3.8) is 0 Å². The van der Waals surface area contributed by atoms with Crippen LogP contribution in [0.1, 0.15) is 58.9 Å². The van der Waals surface area contributed by atoms with E-state index in [9.17, 15) is 9.18 Å². The molecule has 3 heteroatoms. The van der Waals surface area contributed by atoms with Gasteiger partial charge >= 0.3 is 5.97 Å². The van der Waals surface area contributed by atoms with Crippen molar-refractivity contribution in [2.45, 2.75) is 53.4 Å². The Balaban J connectivity index is 2.36. The summed E-state index contributed by atoms with van der Waals surface area (Å²) in [6, 6.07) is 6.80. The van der Waals surface area contributed by atoms with E-state index in [-0.39, 0.29) is 22.6 Å². The highest BCUT2D eigenvalue weighted by Gasteiger charge is 2.73. The second-order valence-corrected chi connectivity index (χ2v) is 6.90. The molecule has 0 spiro atoms. The Morgan fingerprint density at radius 3 is 2.04 bits per heavy atom. The number of carbonyl (C=O) groups excluding carboxylic acids is 1. The van der Waals surface area contributed by atoms with Crippen LogP contribution >= 0.6 is 0 Å². The number of fused-ring (bicyclic) bond motifs is 1. The second-order valence-electron chi connectivity index (χ2n) is 6.90. The molecule has 2 nitrogen and oxygen atoms in total. The molecule has 0 bridgehead atoms. The van der Waals surface area contributed by atoms with Gasteiger partial charge in [0.2, 0.25) is 0 Å². The number of hydrogen-bond donors (Lipinski definition) is 0. The van der Waals surface area contributed by atoms with Crippen molar-refractivity contribution in [1.82, 2.24) is 0 Å². The van der Waals surface area contributed by atoms with E-state index in [1.165, 1.54) is 24.3 Å². The van der Waals surface area contributed by atoms with E-state index in [4.69, 9.17) is 4.74 Å². The van der Waals surface area contributed by atoms with Gasteiger partial charge in [0.15, 0.2) is 0 Å². The fourth-order valence-corrected chi connectivity index (χ4v) is 5.88. The molecule has 0 saturated heterocycles. The normalized spacial score (nSPS) is 27.6. The van der Waals surface area contributed by atoms with Crippen molar-refractivity contribution in [2.75, 3.05) is 7.11 Å². The number of ether oxygens (including phenoxy) is 1. The smallest absolute Gasteiger partial charge is 0.335 e. The molecule has 2 aliphatic carbocycles. The lowest BCUT2D eigenvalue weighted by Crippen LogP contribution is -2.63. The van der Waals surface area contributed by atoms with Crippen molar-refractivity contribution in [1.29, 1.82) is 0 Å². The minimum atomic E-state index is -0.315. The van der Waals surface area contributed by atoms with Gasteiger partial charge in [-0.15, -0.1) is 0 Å². The van der Waals surface area contributed by atoms with E-state index in [1.807, 2.05) is 6.07 Å². The lowest BCUT2D eigenvalue weighted by molar-refractivity contribution is -0.139. The Bertz CT molecular complexity index is 789. The number of allylic oxidation sites excluding steroid dienone is 3. The van der Waals surface area contributed by atoms with Gasteiger partial charge in [-0.25, -0.2) is 9.18 Å². The maximum Gasteiger partial charge on any atom is 0.335 e. The number of hydrogen-bond acceptors (Lipinski definition) is 2. The van der Waals surface area contributed by atoms with Crippen LogP contribution in [-0.4, -0.2) is 13.1 Å². The molecule has 0 amide bonds. The third-order valence-corrected chi connectivity index (χ3v) is 6.53. The fourth-order valence-electron chi connectivity index (χ4n) is 5.88. The summed E-state index contributed by atoms with van der Waals surface area (Å²) in [4.78, 5) is 12.7. The fraction of sp³-hybridized carbons (Fsp3) is 0.500. The summed E-state index contributed by atoms with van der Waals surface area (Å²) in [5, 5.41) is 0. The highest BCUT2D eigenvalue weighted by molar-refractivity contribution is 6.09. The summed E-state index contributed by atoms with van der Waals surface area (Å²) in [5.74, 6) is -0.581. The molecular formula is C22H27FO2. The maximum atomic E-state index is 14.7. The molecule has 0 aliphatic heterocycles. The van der Waals surface area contributed by atoms with Crippen molar-refractivity contribution in [2.24, 2.45) is 10.8 Å². The van der Waals surface area contributed by atoms with Crippen molar-refractivity contribution >= 4 is 11.5 Å². The minimum absolute atomic E-state index is 0.229. The first-order valence-electron chi connectivity index (χ1n) is 9.33. The quantitative estimate of drug-likeness (QED) is 0.490. The average Bonchev–Trinajstić information content (AvgIpc) is 2.62. The molecule has 1 aromatic rings. The third kappa shape index (κ3) is 1.82. The van der Waals surface area contributed by atoms with Gasteiger partial charge in [0, 0.05) is 16.4 Å². The molecule has 2 unspecified atom stereocenters. The molecule has 134 valence electrons. The average molecular weight is 342 g/mol. The third-order valence-electron chi connectivity index (χ3n) is 6.53. The Morgan fingerprint density at radius 1 is 1.00 bits per heavy atom. The zero-order valence-corrected chi connectivity index (χ0v) is 15.8. The lowest BCUT2D eigenvalue weighted by Gasteiger charge is -2.70. The minimum Gasteiger partial charge on any atom is -0.466 e. The topological polar surface area (TPSA) is 26.3 Å². The molecule has 0 fully saturated rings. The van der Waals surface area contributed by atoms with Crippen LogP contribution in [0.5, 0.6) is 0 Å². The van der Waals surface area contributed by atoms with Gasteiger partial charge < -0.3 is 4.74 Å². The number of carbonyl (C=O) groups is 1. The summed E-state index contributed by atoms with van der Waals surface area (Å²) in [6.07, 6.45) is 3.57. The summed E-state index contributed by atoms with van der Waals surface area (Å²) < 4.78 is 19.8. The summed E-state index contributed by atoms with van der Waals surface area (Å²) in [5.41, 5.74) is 4.33. The monoisotopic (exact) mass is 342 g/mol. The van der Waals surface area contributed by atoms with Gasteiger partial charge in [-0.2, -0.15) is 0 Å². The predicted molar refractivity (Wildman–Crippen MR) is 98.4 cm³/mol. The van der Waals surface area contributed by atoms with Crippen LogP contribution in [0, 0.1) is 16.6 Å². The van der Waals surface area contributed by atoms with Crippen LogP contribution in [0.4, 0.5) is 4.39 Å². The number of rotatable bonds is 6. The number of esters is 1. The van der Waals surface area contributed by atoms with Crippen molar-refractivity contribution < 1.29 is 13.9 Å². The Kier molecular flexibility index (Phi) is 4.38. The highest BCUT2D eigenvalue weighted by Crippen LogP contribution is 2.81. The van der Waals surface area contributed by atoms with Crippen molar-refractivity contribution in [3.8, 4) is 0 Å². The molecule has 1 aromatic carbocycles. The SMILES string of the molecule is CCC1=C(CC)C2(CC)C(c3ccccc3F)=C(C(=O)OC)C12CC. The molecule has 2 aliphatic rings. The second kappa shape index (κ2) is 6.12. The molecule has 2 atom stereocenters. The number of methoxy groups -OCH3 is 1. The molecule has 0 aromatic heterocycles. The van der Waals surface area contributed by atoms with Crippen LogP contribution in [0.15, 0.2) is 41.0 Å². The molecule has 0 heterocycles. The Labute approximate surface area is 149 Å². The number of benzene rings is 1. The van der Waals surface area contributed by atoms with E-state index in [2.05, 4.69) is 27.7 Å². The molecular weight excluding hydrogens is 315 g/mol. The van der Waals surface area contributed by atoms with Crippen LogP contribution in [0.3, 0.4) is 0 Å². The Hall–Kier alpha value is -1.90. The van der Waals surface area contributed by atoms with Gasteiger partial charge in [-0.3, -0.25) is 0 Å². The maximum absolute atomic E-state index is 14.7. The van der Waals surface area contributed by atoms with Gasteiger partial charge in [0.05, 0.1) is 12.7 Å². The van der Waals surface area contributed by atoms with Gasteiger partial charge in [-0.05, 0) is 37.3 Å². The molecule has 3 rings (SSSR count). The molecule has 0 radical (unpaired) electrons. The number of halogens is 1. The van der Waals surface area contributed by atoms with E-state index in [0.29, 0.717) is 11.1 Å². The lowest BCUT2D eigenvalue weighted by atomic mass is 9.31. The van der Waals surface area contributed by atoms with Crippen molar-refractivity contribution in [3.05, 3.63) is 52.4 Å². The zero-order valence-electron chi connectivity index (χ0n) is 15.8. The van der Waals surface area contributed by atoms with Crippen LogP contribution in [-0.2, 0) is 9.53 Å². The molecule has 0 N–H and O–H groups in total. The summed E-state index contributed by atoms with van der Waals surface area (Å²) >= 11 is 0. The van der Waals surface area contributed by atoms with E-state index < -0.39 is 0 Å². The van der Waals surface area contributed by atoms with Gasteiger partial charge in [0.1, 0.15) is 5.82 Å². The first kappa shape index (κ1) is 17.9. The molecule has 25 heavy (non-hydrogen) atoms. The van der Waals surface area contributed by atoms with Gasteiger partial charge in [0.25, 0.3) is 0 Å². The van der Waals surface area contributed by atoms with E-state index in [0.717, 1.165) is 31.3 Å². The first-order valence-corrected chi connectivity index (χ1v) is 9.33. The van der Waals surface area contributed by atoms with Gasteiger partial charge in [-0.1, -0.05) is 57.0 Å². The van der Waals surface area contributed by atoms with E-state index in [1.54, 1.807) is 12.1 Å². The predicted octanol–water partition coefficient (Wildman–Crippen LogP) is 5.69. The van der Waals surface area contributed by atoms with Crippen LogP contribution in [0.25, 0.3) is 5.57 Å². The summed E-state index contributed by atoms with van der Waals surface area (Å²) in [6.45, 7) is 8.60. The highest BCUT2D eigenvalue weighted by atomic mass is 19.1. The zero-order chi connectivity index (χ0) is 18.4. The first-order chi connectivity index (χ1) is 12.0. The standard InChI is InChI=1S/C22H27FO2/c1-6-15-16(7-2)22(9-4)19(20(24)25-5)18(21(15,22)8-3)14-12-10-11-13-17(14)23/h10-13H,6-9H2,1-5H3. The van der Waals surface area contributed by atoms with Crippen LogP contribution < -0.4 is 0 Å². The molecule has 0 saturated carbocycles. The summed E-state index contributed by atoms with van der Waals surface area (Å²) in [7, 11) is 1.42. The van der Waals surface area contributed by atoms with Crippen LogP contribution in [0.2, 0.25) is 0 Å².